The molecular weight excluding hydrogens is 316 g/mol. The van der Waals surface area contributed by atoms with Crippen LogP contribution in [0, 0.1) is 31.6 Å². The normalized spacial score (nSPS) is 12.6. The SMILES string of the molecule is Cc1cccc(C)c1[Si](OCC(C)C)(OCC(C)C)OCC(C)C. The topological polar surface area (TPSA) is 27.7 Å². The molecule has 138 valence electrons. The summed E-state index contributed by atoms with van der Waals surface area (Å²) in [7, 11) is -2.95. The van der Waals surface area contributed by atoms with Crippen LogP contribution in [0.3, 0.4) is 0 Å². The van der Waals surface area contributed by atoms with Gasteiger partial charge >= 0.3 is 8.80 Å². The minimum Gasteiger partial charge on any atom is -0.370 e. The zero-order valence-corrected chi connectivity index (χ0v) is 17.8. The van der Waals surface area contributed by atoms with Crippen LogP contribution < -0.4 is 5.19 Å². The van der Waals surface area contributed by atoms with Crippen molar-refractivity contribution in [2.24, 2.45) is 17.8 Å². The molecule has 0 bridgehead atoms. The van der Waals surface area contributed by atoms with Gasteiger partial charge in [0.25, 0.3) is 0 Å². The summed E-state index contributed by atoms with van der Waals surface area (Å²) in [5.74, 6) is 1.31. The molecule has 0 aliphatic carbocycles. The van der Waals surface area contributed by atoms with Crippen LogP contribution in [0.25, 0.3) is 0 Å². The predicted molar refractivity (Wildman–Crippen MR) is 104 cm³/mol. The second-order valence-electron chi connectivity index (χ2n) is 7.94. The first kappa shape index (κ1) is 21.4. The maximum atomic E-state index is 6.43. The van der Waals surface area contributed by atoms with E-state index < -0.39 is 8.80 Å². The fourth-order valence-corrected chi connectivity index (χ4v) is 5.94. The summed E-state index contributed by atoms with van der Waals surface area (Å²) in [5.41, 5.74) is 2.39. The third kappa shape index (κ3) is 6.32. The molecule has 24 heavy (non-hydrogen) atoms. The van der Waals surface area contributed by atoms with Gasteiger partial charge < -0.3 is 13.3 Å². The molecule has 1 aromatic carbocycles. The van der Waals surface area contributed by atoms with Crippen LogP contribution in [0.5, 0.6) is 0 Å². The van der Waals surface area contributed by atoms with Crippen LogP contribution in [0.4, 0.5) is 0 Å². The second-order valence-corrected chi connectivity index (χ2v) is 10.4. The minimum atomic E-state index is -2.95. The van der Waals surface area contributed by atoms with Crippen LogP contribution in [0.1, 0.15) is 52.7 Å². The molecule has 0 unspecified atom stereocenters. The zero-order valence-electron chi connectivity index (χ0n) is 16.8. The van der Waals surface area contributed by atoms with E-state index in [9.17, 15) is 0 Å². The van der Waals surface area contributed by atoms with E-state index in [0.29, 0.717) is 37.6 Å². The molecule has 0 fully saturated rings. The largest absolute Gasteiger partial charge is 0.537 e. The lowest BCUT2D eigenvalue weighted by molar-refractivity contribution is 0.0493. The molecular formula is C20H36O3Si. The van der Waals surface area contributed by atoms with Gasteiger partial charge in [-0.15, -0.1) is 0 Å². The molecule has 3 nitrogen and oxygen atoms in total. The van der Waals surface area contributed by atoms with Crippen molar-refractivity contribution in [3.05, 3.63) is 29.3 Å². The van der Waals surface area contributed by atoms with Gasteiger partial charge in [-0.3, -0.25) is 0 Å². The fraction of sp³-hybridized carbons (Fsp3) is 0.700. The lowest BCUT2D eigenvalue weighted by Crippen LogP contribution is -2.60. The van der Waals surface area contributed by atoms with Gasteiger partial charge in [0.15, 0.2) is 0 Å². The minimum absolute atomic E-state index is 0.437. The second kappa shape index (κ2) is 9.71. The van der Waals surface area contributed by atoms with Crippen molar-refractivity contribution in [3.63, 3.8) is 0 Å². The average molecular weight is 353 g/mol. The third-order valence-electron chi connectivity index (χ3n) is 3.61. The van der Waals surface area contributed by atoms with Gasteiger partial charge in [0.1, 0.15) is 0 Å². The number of rotatable bonds is 10. The van der Waals surface area contributed by atoms with Crippen molar-refractivity contribution < 1.29 is 13.3 Å². The standard InChI is InChI=1S/C20H36O3Si/c1-15(2)12-21-24(22-13-16(3)4,23-14-17(5)6)20-18(7)10-9-11-19(20)8/h9-11,15-17H,12-14H2,1-8H3. The Kier molecular flexibility index (Phi) is 8.64. The van der Waals surface area contributed by atoms with Crippen molar-refractivity contribution in [1.82, 2.24) is 0 Å². The van der Waals surface area contributed by atoms with E-state index in [1.54, 1.807) is 0 Å². The molecule has 0 atom stereocenters. The summed E-state index contributed by atoms with van der Waals surface area (Å²) >= 11 is 0. The van der Waals surface area contributed by atoms with Crippen molar-refractivity contribution in [3.8, 4) is 0 Å². The molecule has 0 spiro atoms. The zero-order chi connectivity index (χ0) is 18.3. The van der Waals surface area contributed by atoms with Crippen LogP contribution in [-0.4, -0.2) is 28.6 Å². The van der Waals surface area contributed by atoms with Gasteiger partial charge in [0.2, 0.25) is 0 Å². The molecule has 1 rings (SSSR count). The van der Waals surface area contributed by atoms with E-state index in [0.717, 1.165) is 5.19 Å². The first-order valence-electron chi connectivity index (χ1n) is 9.16. The molecule has 0 aliphatic heterocycles. The summed E-state index contributed by atoms with van der Waals surface area (Å²) in [5, 5.41) is 1.15. The van der Waals surface area contributed by atoms with Gasteiger partial charge in [0.05, 0.1) is 0 Å². The van der Waals surface area contributed by atoms with Crippen molar-refractivity contribution in [2.75, 3.05) is 19.8 Å². The van der Waals surface area contributed by atoms with E-state index in [4.69, 9.17) is 13.3 Å². The molecule has 0 saturated heterocycles. The molecule has 0 heterocycles. The van der Waals surface area contributed by atoms with Crippen LogP contribution in [0.15, 0.2) is 18.2 Å². The lowest BCUT2D eigenvalue weighted by Gasteiger charge is -2.34. The van der Waals surface area contributed by atoms with Gasteiger partial charge in [-0.1, -0.05) is 59.7 Å². The van der Waals surface area contributed by atoms with E-state index in [1.165, 1.54) is 11.1 Å². The fourth-order valence-electron chi connectivity index (χ4n) is 2.47. The predicted octanol–water partition coefficient (Wildman–Crippen LogP) is 4.47. The van der Waals surface area contributed by atoms with E-state index in [2.05, 4.69) is 73.6 Å². The summed E-state index contributed by atoms with van der Waals surface area (Å²) in [6.07, 6.45) is 0. The van der Waals surface area contributed by atoms with Crippen LogP contribution in [0.2, 0.25) is 0 Å². The quantitative estimate of drug-likeness (QED) is 0.582. The molecule has 0 radical (unpaired) electrons. The summed E-state index contributed by atoms with van der Waals surface area (Å²) in [6.45, 7) is 19.2. The monoisotopic (exact) mass is 352 g/mol. The first-order valence-corrected chi connectivity index (χ1v) is 10.9. The Morgan fingerprint density at radius 1 is 0.708 bits per heavy atom. The first-order chi connectivity index (χ1) is 11.2. The van der Waals surface area contributed by atoms with Crippen molar-refractivity contribution >= 4 is 14.0 Å². The smallest absolute Gasteiger partial charge is 0.370 e. The molecule has 4 heteroatoms. The lowest BCUT2D eigenvalue weighted by atomic mass is 10.2. The van der Waals surface area contributed by atoms with Gasteiger partial charge in [0, 0.05) is 25.0 Å². The van der Waals surface area contributed by atoms with E-state index in [-0.39, 0.29) is 0 Å². The Morgan fingerprint density at radius 3 is 1.33 bits per heavy atom. The van der Waals surface area contributed by atoms with Gasteiger partial charge in [-0.25, -0.2) is 0 Å². The summed E-state index contributed by atoms with van der Waals surface area (Å²) < 4.78 is 19.3. The highest BCUT2D eigenvalue weighted by Gasteiger charge is 2.46. The number of hydrogen-bond donors (Lipinski definition) is 0. The summed E-state index contributed by atoms with van der Waals surface area (Å²) in [4.78, 5) is 0. The van der Waals surface area contributed by atoms with Crippen LogP contribution in [-0.2, 0) is 13.3 Å². The molecule has 0 aromatic heterocycles. The Hall–Kier alpha value is -0.683. The van der Waals surface area contributed by atoms with Crippen LogP contribution >= 0.6 is 0 Å². The number of aryl methyl sites for hydroxylation is 2. The molecule has 1 aromatic rings. The molecule has 0 amide bonds. The van der Waals surface area contributed by atoms with Crippen molar-refractivity contribution in [1.29, 1.82) is 0 Å². The molecule has 0 saturated carbocycles. The van der Waals surface area contributed by atoms with Gasteiger partial charge in [-0.05, 0) is 42.7 Å². The Balaban J connectivity index is 3.30. The maximum Gasteiger partial charge on any atom is 0.537 e. The molecule has 0 aliphatic rings. The Bertz CT molecular complexity index is 446. The summed E-state index contributed by atoms with van der Waals surface area (Å²) in [6, 6.07) is 6.33. The third-order valence-corrected chi connectivity index (χ3v) is 6.65. The number of benzene rings is 1. The number of hydrogen-bond acceptors (Lipinski definition) is 3. The van der Waals surface area contributed by atoms with E-state index >= 15 is 0 Å². The molecule has 0 N–H and O–H groups in total. The van der Waals surface area contributed by atoms with Crippen molar-refractivity contribution in [2.45, 2.75) is 55.4 Å². The highest BCUT2D eigenvalue weighted by Crippen LogP contribution is 2.19. The van der Waals surface area contributed by atoms with E-state index in [1.807, 2.05) is 0 Å². The Morgan fingerprint density at radius 2 is 1.04 bits per heavy atom. The average Bonchev–Trinajstić information content (AvgIpc) is 2.47. The maximum absolute atomic E-state index is 6.43. The highest BCUT2D eigenvalue weighted by atomic mass is 28.4. The highest BCUT2D eigenvalue weighted by molar-refractivity contribution is 6.76. The Labute approximate surface area is 150 Å². The van der Waals surface area contributed by atoms with Gasteiger partial charge in [-0.2, -0.15) is 0 Å².